The summed E-state index contributed by atoms with van der Waals surface area (Å²) in [6.45, 7) is 4.14. The first-order valence-corrected chi connectivity index (χ1v) is 9.39. The van der Waals surface area contributed by atoms with Gasteiger partial charge in [0.2, 0.25) is 11.9 Å². The van der Waals surface area contributed by atoms with Gasteiger partial charge in [0.15, 0.2) is 5.82 Å². The van der Waals surface area contributed by atoms with Crippen molar-refractivity contribution in [2.45, 2.75) is 32.2 Å². The fourth-order valence-electron chi connectivity index (χ4n) is 4.05. The maximum Gasteiger partial charge on any atom is 0.229 e. The third kappa shape index (κ3) is 3.25. The Labute approximate surface area is 162 Å². The van der Waals surface area contributed by atoms with E-state index in [1.54, 1.807) is 6.20 Å². The summed E-state index contributed by atoms with van der Waals surface area (Å²) < 4.78 is 0. The third-order valence-electron chi connectivity index (χ3n) is 5.33. The molecule has 2 aromatic heterocycles. The number of hydrogen-bond donors (Lipinski definition) is 4. The van der Waals surface area contributed by atoms with Gasteiger partial charge in [-0.2, -0.15) is 10.1 Å². The average molecular weight is 388 g/mol. The Balaban J connectivity index is 1.57. The number of fused-ring (bicyclic) bond motifs is 2. The van der Waals surface area contributed by atoms with Crippen LogP contribution in [0, 0.1) is 17.8 Å². The molecule has 0 spiro atoms. The van der Waals surface area contributed by atoms with Crippen LogP contribution in [-0.4, -0.2) is 32.1 Å². The second-order valence-electron chi connectivity index (χ2n) is 7.41. The molecule has 2 aliphatic rings. The number of nitrogens with two attached hydrogens (primary N) is 1. The van der Waals surface area contributed by atoms with Crippen LogP contribution in [0.4, 0.5) is 17.5 Å². The van der Waals surface area contributed by atoms with Gasteiger partial charge in [0, 0.05) is 6.04 Å². The first-order chi connectivity index (χ1) is 12.9. The monoisotopic (exact) mass is 387 g/mol. The largest absolute Gasteiger partial charge is 0.369 e. The highest BCUT2D eigenvalue weighted by Crippen LogP contribution is 2.45. The Morgan fingerprint density at radius 1 is 1.33 bits per heavy atom. The zero-order valence-corrected chi connectivity index (χ0v) is 15.9. The zero-order valence-electron chi connectivity index (χ0n) is 15.1. The number of halogens is 1. The average Bonchev–Trinajstić information content (AvgIpc) is 3.33. The molecule has 1 saturated carbocycles. The van der Waals surface area contributed by atoms with Crippen molar-refractivity contribution < 1.29 is 4.79 Å². The topological polar surface area (TPSA) is 122 Å². The smallest absolute Gasteiger partial charge is 0.229 e. The van der Waals surface area contributed by atoms with Crippen molar-refractivity contribution in [2.75, 3.05) is 10.6 Å². The molecule has 0 saturated heterocycles. The van der Waals surface area contributed by atoms with Crippen molar-refractivity contribution in [3.63, 3.8) is 0 Å². The van der Waals surface area contributed by atoms with Gasteiger partial charge in [0.05, 0.1) is 29.7 Å². The number of nitrogens with one attached hydrogen (secondary N) is 3. The Morgan fingerprint density at radius 3 is 2.85 bits per heavy atom. The van der Waals surface area contributed by atoms with E-state index < -0.39 is 0 Å². The molecule has 2 bridgehead atoms. The molecule has 142 valence electrons. The fourth-order valence-corrected chi connectivity index (χ4v) is 4.20. The van der Waals surface area contributed by atoms with Crippen LogP contribution in [0.1, 0.15) is 31.9 Å². The molecular formula is C18H22ClN7O. The van der Waals surface area contributed by atoms with Crippen LogP contribution >= 0.6 is 11.6 Å². The first kappa shape index (κ1) is 17.8. The molecule has 0 radical (unpaired) electrons. The van der Waals surface area contributed by atoms with Gasteiger partial charge in [-0.25, -0.2) is 4.98 Å². The summed E-state index contributed by atoms with van der Waals surface area (Å²) in [4.78, 5) is 20.7. The molecule has 1 amide bonds. The Kier molecular flexibility index (Phi) is 4.51. The maximum atomic E-state index is 11.9. The lowest BCUT2D eigenvalue weighted by Crippen LogP contribution is -2.41. The first-order valence-electron chi connectivity index (χ1n) is 9.01. The molecule has 0 aliphatic heterocycles. The summed E-state index contributed by atoms with van der Waals surface area (Å²) in [6, 6.07) is -0.113. The van der Waals surface area contributed by atoms with E-state index in [-0.39, 0.29) is 35.6 Å². The highest BCUT2D eigenvalue weighted by molar-refractivity contribution is 6.32. The summed E-state index contributed by atoms with van der Waals surface area (Å²) in [5.74, 6) is 1.04. The summed E-state index contributed by atoms with van der Waals surface area (Å²) in [5.41, 5.74) is 7.41. The van der Waals surface area contributed by atoms with Crippen molar-refractivity contribution in [3.05, 3.63) is 35.3 Å². The van der Waals surface area contributed by atoms with E-state index in [2.05, 4.69) is 56.8 Å². The number of carbonyl (C=O) groups excluding carboxylic acids is 1. The van der Waals surface area contributed by atoms with Crippen LogP contribution in [0.2, 0.25) is 5.02 Å². The van der Waals surface area contributed by atoms with E-state index in [1.807, 2.05) is 0 Å². The number of aromatic nitrogens is 4. The highest BCUT2D eigenvalue weighted by atomic mass is 35.5. The van der Waals surface area contributed by atoms with Crippen LogP contribution in [0.25, 0.3) is 0 Å². The maximum absolute atomic E-state index is 11.9. The molecule has 4 rings (SSSR count). The number of nitrogens with zero attached hydrogens (tertiary/aromatic N) is 3. The number of H-pyrrole nitrogens is 1. The lowest BCUT2D eigenvalue weighted by Gasteiger charge is -2.27. The number of aromatic amines is 1. The number of carbonyl (C=O) groups is 1. The summed E-state index contributed by atoms with van der Waals surface area (Å²) >= 11 is 6.30. The summed E-state index contributed by atoms with van der Waals surface area (Å²) in [6.07, 6.45) is 8.38. The predicted octanol–water partition coefficient (Wildman–Crippen LogP) is 2.81. The number of amides is 1. The molecular weight excluding hydrogens is 366 g/mol. The lowest BCUT2D eigenvalue weighted by atomic mass is 9.88. The van der Waals surface area contributed by atoms with Gasteiger partial charge < -0.3 is 16.4 Å². The molecule has 2 heterocycles. The number of rotatable bonds is 6. The van der Waals surface area contributed by atoms with Crippen molar-refractivity contribution in [2.24, 2.45) is 23.5 Å². The van der Waals surface area contributed by atoms with Crippen molar-refractivity contribution in [1.82, 2.24) is 20.2 Å². The highest BCUT2D eigenvalue weighted by Gasteiger charge is 2.47. The number of hydrogen-bond acceptors (Lipinski definition) is 6. The molecule has 5 N–H and O–H groups in total. The minimum absolute atomic E-state index is 0.113. The molecule has 4 atom stereocenters. The molecule has 2 aromatic rings. The zero-order chi connectivity index (χ0) is 19.1. The Morgan fingerprint density at radius 2 is 2.11 bits per heavy atom. The number of allylic oxidation sites excluding steroid dienone is 1. The second kappa shape index (κ2) is 6.84. The molecule has 2 aliphatic carbocycles. The molecule has 0 unspecified atom stereocenters. The van der Waals surface area contributed by atoms with Crippen LogP contribution in [0.5, 0.6) is 0 Å². The van der Waals surface area contributed by atoms with Crippen molar-refractivity contribution in [1.29, 1.82) is 0 Å². The van der Waals surface area contributed by atoms with E-state index in [9.17, 15) is 4.79 Å². The van der Waals surface area contributed by atoms with Gasteiger partial charge in [0.1, 0.15) is 5.02 Å². The van der Waals surface area contributed by atoms with E-state index >= 15 is 0 Å². The predicted molar refractivity (Wildman–Crippen MR) is 104 cm³/mol. The van der Waals surface area contributed by atoms with E-state index in [0.29, 0.717) is 16.8 Å². The van der Waals surface area contributed by atoms with E-state index in [0.717, 1.165) is 17.8 Å². The molecule has 27 heavy (non-hydrogen) atoms. The quantitative estimate of drug-likeness (QED) is 0.565. The van der Waals surface area contributed by atoms with Crippen molar-refractivity contribution in [3.8, 4) is 0 Å². The van der Waals surface area contributed by atoms with Gasteiger partial charge >= 0.3 is 0 Å². The van der Waals surface area contributed by atoms with Gasteiger partial charge in [0.25, 0.3) is 0 Å². The van der Waals surface area contributed by atoms with Crippen LogP contribution in [-0.2, 0) is 4.79 Å². The molecule has 0 aromatic carbocycles. The van der Waals surface area contributed by atoms with Crippen LogP contribution in [0.3, 0.4) is 0 Å². The van der Waals surface area contributed by atoms with Gasteiger partial charge in [-0.05, 0) is 24.2 Å². The standard InChI is InChI=1S/C18H22ClN7O/c1-8(2)14-12(7-22-26-14)23-18-21-6-11(19)17(25-18)24-15-10-4-3-9(5-10)13(15)16(20)27/h3-4,6-10,13,15H,5H2,1-2H3,(H2,20,27)(H,22,26)(H2,21,23,24,25)/t9-,10+,13+,15-/m1/s1. The molecule has 9 heteroatoms. The Bertz CT molecular complexity index is 894. The minimum atomic E-state index is -0.298. The van der Waals surface area contributed by atoms with E-state index in [1.165, 1.54) is 6.20 Å². The SMILES string of the molecule is CC(C)c1[nH]ncc1Nc1ncc(Cl)c(N[C@H]2[C@@H](C(N)=O)[C@@H]3C=C[C@H]2C3)n1. The molecule has 1 fully saturated rings. The van der Waals surface area contributed by atoms with Gasteiger partial charge in [-0.15, -0.1) is 0 Å². The third-order valence-corrected chi connectivity index (χ3v) is 5.60. The summed E-state index contributed by atoms with van der Waals surface area (Å²) in [7, 11) is 0. The molecule has 8 nitrogen and oxygen atoms in total. The Hall–Kier alpha value is -2.61. The van der Waals surface area contributed by atoms with Crippen LogP contribution in [0.15, 0.2) is 24.5 Å². The summed E-state index contributed by atoms with van der Waals surface area (Å²) in [5, 5.41) is 14.0. The van der Waals surface area contributed by atoms with Gasteiger partial charge in [-0.1, -0.05) is 37.6 Å². The number of primary amides is 1. The van der Waals surface area contributed by atoms with Crippen molar-refractivity contribution >= 4 is 35.0 Å². The minimum Gasteiger partial charge on any atom is -0.369 e. The van der Waals surface area contributed by atoms with Crippen LogP contribution < -0.4 is 16.4 Å². The normalized spacial score (nSPS) is 25.9. The fraction of sp³-hybridized carbons (Fsp3) is 0.444. The second-order valence-corrected chi connectivity index (χ2v) is 7.82. The van der Waals surface area contributed by atoms with Gasteiger partial charge in [-0.3, -0.25) is 9.89 Å². The lowest BCUT2D eigenvalue weighted by molar-refractivity contribution is -0.122. The van der Waals surface area contributed by atoms with E-state index in [4.69, 9.17) is 17.3 Å². The number of anilines is 3.